The topological polar surface area (TPSA) is 66.2 Å². The normalized spacial score (nSPS) is 12.3. The molecule has 3 aromatic heterocycles. The second-order valence-electron chi connectivity index (χ2n) is 6.90. The van der Waals surface area contributed by atoms with Crippen LogP contribution in [0.2, 0.25) is 0 Å². The van der Waals surface area contributed by atoms with Crippen LogP contribution in [0.3, 0.4) is 0 Å². The van der Waals surface area contributed by atoms with E-state index in [1.54, 1.807) is 22.1 Å². The molecule has 3 heterocycles. The summed E-state index contributed by atoms with van der Waals surface area (Å²) in [6, 6.07) is 4.70. The highest BCUT2D eigenvalue weighted by Gasteiger charge is 2.30. The van der Waals surface area contributed by atoms with Gasteiger partial charge in [0.1, 0.15) is 0 Å². The Balaban J connectivity index is 2.02. The summed E-state index contributed by atoms with van der Waals surface area (Å²) in [6.45, 7) is 3.92. The molecular weight excluding hydrogens is 387 g/mol. The van der Waals surface area contributed by atoms with Crippen LogP contribution in [0.25, 0.3) is 22.6 Å². The maximum atomic E-state index is 12.9. The Hall–Kier alpha value is -3.30. The molecule has 0 spiro atoms. The molecule has 0 aliphatic heterocycles. The van der Waals surface area contributed by atoms with Gasteiger partial charge >= 0.3 is 11.9 Å². The predicted molar refractivity (Wildman–Crippen MR) is 102 cm³/mol. The summed E-state index contributed by atoms with van der Waals surface area (Å²) >= 11 is 0. The summed E-state index contributed by atoms with van der Waals surface area (Å²) in [5, 5.41) is 0. The molecule has 0 aliphatic carbocycles. The SMILES string of the molecule is CCCn1c(=O)c2c(nc3n(-c4ccc(C(F)(F)F)cc4)c(C)cn23)n(C)c1=O. The van der Waals surface area contributed by atoms with Crippen molar-refractivity contribution in [3.05, 3.63) is 62.6 Å². The minimum absolute atomic E-state index is 0.225. The highest BCUT2D eigenvalue weighted by atomic mass is 19.4. The molecule has 0 aliphatic rings. The first kappa shape index (κ1) is 19.0. The monoisotopic (exact) mass is 405 g/mol. The molecule has 1 aromatic carbocycles. The molecule has 4 aromatic rings. The van der Waals surface area contributed by atoms with Gasteiger partial charge in [-0.05, 0) is 37.6 Å². The number of aryl methyl sites for hydroxylation is 2. The van der Waals surface area contributed by atoms with E-state index in [0.29, 0.717) is 23.6 Å². The Morgan fingerprint density at radius 1 is 1.10 bits per heavy atom. The number of benzene rings is 1. The van der Waals surface area contributed by atoms with E-state index in [9.17, 15) is 22.8 Å². The van der Waals surface area contributed by atoms with E-state index in [-0.39, 0.29) is 17.7 Å². The van der Waals surface area contributed by atoms with E-state index in [1.165, 1.54) is 28.3 Å². The minimum Gasteiger partial charge on any atom is -0.283 e. The lowest BCUT2D eigenvalue weighted by Crippen LogP contribution is -2.39. The lowest BCUT2D eigenvalue weighted by molar-refractivity contribution is -0.137. The summed E-state index contributed by atoms with van der Waals surface area (Å²) in [6.07, 6.45) is -2.12. The van der Waals surface area contributed by atoms with Gasteiger partial charge in [0, 0.05) is 31.2 Å². The van der Waals surface area contributed by atoms with Crippen molar-refractivity contribution in [1.29, 1.82) is 0 Å². The van der Waals surface area contributed by atoms with Crippen molar-refractivity contribution in [2.45, 2.75) is 33.0 Å². The average molecular weight is 405 g/mol. The highest BCUT2D eigenvalue weighted by molar-refractivity contribution is 5.76. The number of nitrogens with zero attached hydrogens (tertiary/aromatic N) is 5. The number of rotatable bonds is 3. The molecule has 7 nitrogen and oxygen atoms in total. The maximum Gasteiger partial charge on any atom is 0.416 e. The minimum atomic E-state index is -4.43. The Morgan fingerprint density at radius 2 is 1.76 bits per heavy atom. The first-order chi connectivity index (χ1) is 13.6. The van der Waals surface area contributed by atoms with Crippen LogP contribution in [0.15, 0.2) is 40.1 Å². The first-order valence-electron chi connectivity index (χ1n) is 9.02. The van der Waals surface area contributed by atoms with Gasteiger partial charge in [-0.3, -0.25) is 22.9 Å². The highest BCUT2D eigenvalue weighted by Crippen LogP contribution is 2.30. The van der Waals surface area contributed by atoms with Crippen LogP contribution < -0.4 is 11.2 Å². The van der Waals surface area contributed by atoms with E-state index in [2.05, 4.69) is 4.98 Å². The number of fused-ring (bicyclic) bond motifs is 3. The zero-order valence-corrected chi connectivity index (χ0v) is 16.0. The largest absolute Gasteiger partial charge is 0.416 e. The zero-order chi connectivity index (χ0) is 21.1. The molecule has 4 rings (SSSR count). The number of imidazole rings is 2. The number of halogens is 3. The molecule has 0 N–H and O–H groups in total. The zero-order valence-electron chi connectivity index (χ0n) is 16.0. The average Bonchev–Trinajstić information content (AvgIpc) is 3.17. The Morgan fingerprint density at radius 3 is 2.34 bits per heavy atom. The Labute approximate surface area is 162 Å². The van der Waals surface area contributed by atoms with Crippen molar-refractivity contribution in [2.24, 2.45) is 7.05 Å². The second kappa shape index (κ2) is 6.36. The van der Waals surface area contributed by atoms with Crippen molar-refractivity contribution in [2.75, 3.05) is 0 Å². The summed E-state index contributed by atoms with van der Waals surface area (Å²) in [7, 11) is 1.54. The summed E-state index contributed by atoms with van der Waals surface area (Å²) < 4.78 is 44.3. The molecule has 10 heteroatoms. The molecule has 0 atom stereocenters. The fourth-order valence-corrected chi connectivity index (χ4v) is 3.55. The molecule has 0 radical (unpaired) electrons. The van der Waals surface area contributed by atoms with Crippen molar-refractivity contribution in [1.82, 2.24) is 23.1 Å². The molecule has 29 heavy (non-hydrogen) atoms. The number of aromatic nitrogens is 5. The molecule has 152 valence electrons. The van der Waals surface area contributed by atoms with Crippen LogP contribution in [0.1, 0.15) is 24.6 Å². The van der Waals surface area contributed by atoms with E-state index in [4.69, 9.17) is 0 Å². The quantitative estimate of drug-likeness (QED) is 0.527. The molecule has 0 fully saturated rings. The second-order valence-corrected chi connectivity index (χ2v) is 6.90. The smallest absolute Gasteiger partial charge is 0.283 e. The standard InChI is InChI=1S/C19H18F3N5O2/c1-4-9-25-16(28)14-15(24(3)18(25)29)23-17-26(14)10-11(2)27(17)13-7-5-12(6-8-13)19(20,21)22/h5-8,10H,4,9H2,1-3H3. The first-order valence-corrected chi connectivity index (χ1v) is 9.02. The van der Waals surface area contributed by atoms with Gasteiger partial charge in [-0.2, -0.15) is 18.2 Å². The van der Waals surface area contributed by atoms with Gasteiger partial charge in [0.25, 0.3) is 5.56 Å². The third kappa shape index (κ3) is 2.78. The van der Waals surface area contributed by atoms with Gasteiger partial charge in [0.15, 0.2) is 11.2 Å². The summed E-state index contributed by atoms with van der Waals surface area (Å²) in [5.74, 6) is 0.346. The third-order valence-corrected chi connectivity index (χ3v) is 4.93. The lowest BCUT2D eigenvalue weighted by Gasteiger charge is -2.09. The van der Waals surface area contributed by atoms with Crippen LogP contribution in [0, 0.1) is 6.92 Å². The number of hydrogen-bond donors (Lipinski definition) is 0. The van der Waals surface area contributed by atoms with E-state index in [1.807, 2.05) is 6.92 Å². The summed E-state index contributed by atoms with van der Waals surface area (Å²) in [5.41, 5.74) is -0.0122. The summed E-state index contributed by atoms with van der Waals surface area (Å²) in [4.78, 5) is 29.9. The molecule has 0 saturated carbocycles. The van der Waals surface area contributed by atoms with E-state index >= 15 is 0 Å². The van der Waals surface area contributed by atoms with Gasteiger partial charge in [0.2, 0.25) is 5.78 Å². The Bertz CT molecular complexity index is 1350. The molecule has 0 unspecified atom stereocenters. The maximum absolute atomic E-state index is 12.9. The van der Waals surface area contributed by atoms with Crippen LogP contribution >= 0.6 is 0 Å². The van der Waals surface area contributed by atoms with Gasteiger partial charge in [-0.15, -0.1) is 0 Å². The number of hydrogen-bond acceptors (Lipinski definition) is 3. The van der Waals surface area contributed by atoms with Crippen molar-refractivity contribution < 1.29 is 13.2 Å². The van der Waals surface area contributed by atoms with E-state index in [0.717, 1.165) is 12.1 Å². The third-order valence-electron chi connectivity index (χ3n) is 4.93. The van der Waals surface area contributed by atoms with Gasteiger partial charge < -0.3 is 0 Å². The van der Waals surface area contributed by atoms with Crippen LogP contribution in [-0.4, -0.2) is 23.1 Å². The molecular formula is C19H18F3N5O2. The van der Waals surface area contributed by atoms with Gasteiger partial charge in [-0.25, -0.2) is 4.79 Å². The van der Waals surface area contributed by atoms with Crippen LogP contribution in [-0.2, 0) is 19.8 Å². The van der Waals surface area contributed by atoms with Crippen molar-refractivity contribution in [3.8, 4) is 5.69 Å². The van der Waals surface area contributed by atoms with Crippen LogP contribution in [0.5, 0.6) is 0 Å². The molecule has 0 amide bonds. The fourth-order valence-electron chi connectivity index (χ4n) is 3.55. The van der Waals surface area contributed by atoms with Crippen LogP contribution in [0.4, 0.5) is 13.2 Å². The fraction of sp³-hybridized carbons (Fsp3) is 0.316. The van der Waals surface area contributed by atoms with Crippen molar-refractivity contribution in [3.63, 3.8) is 0 Å². The lowest BCUT2D eigenvalue weighted by atomic mass is 10.2. The molecule has 0 saturated heterocycles. The van der Waals surface area contributed by atoms with Crippen molar-refractivity contribution >= 4 is 16.9 Å². The molecule has 0 bridgehead atoms. The Kier molecular flexibility index (Phi) is 4.18. The van der Waals surface area contributed by atoms with Gasteiger partial charge in [0.05, 0.1) is 5.56 Å². The van der Waals surface area contributed by atoms with Gasteiger partial charge in [-0.1, -0.05) is 6.92 Å². The van der Waals surface area contributed by atoms with E-state index < -0.39 is 23.0 Å². The number of alkyl halides is 3. The predicted octanol–water partition coefficient (Wildman–Crippen LogP) is 2.88.